The molecule has 0 spiro atoms. The van der Waals surface area contributed by atoms with E-state index in [1.165, 1.54) is 38.2 Å². The molecule has 3 aromatic rings. The monoisotopic (exact) mass is 439 g/mol. The molecule has 1 saturated heterocycles. The molecule has 1 fully saturated rings. The number of aryl methyl sites for hydroxylation is 2. The molecule has 0 radical (unpaired) electrons. The van der Waals surface area contributed by atoms with Crippen molar-refractivity contribution in [3.63, 3.8) is 0 Å². The lowest BCUT2D eigenvalue weighted by Crippen LogP contribution is -2.27. The molecule has 0 saturated carbocycles. The minimum Gasteiger partial charge on any atom is -0.298 e. The molecule has 6 nitrogen and oxygen atoms in total. The lowest BCUT2D eigenvalue weighted by atomic mass is 9.94. The van der Waals surface area contributed by atoms with E-state index in [4.69, 9.17) is 0 Å². The number of sulfonamides is 1. The van der Waals surface area contributed by atoms with Crippen LogP contribution < -0.4 is 5.32 Å². The number of nitrogens with one attached hydrogen (secondary N) is 1. The van der Waals surface area contributed by atoms with Crippen molar-refractivity contribution in [2.45, 2.75) is 30.6 Å². The van der Waals surface area contributed by atoms with E-state index in [9.17, 15) is 13.2 Å². The van der Waals surface area contributed by atoms with Crippen LogP contribution in [0.5, 0.6) is 0 Å². The summed E-state index contributed by atoms with van der Waals surface area (Å²) in [5.74, 6) is -0.292. The van der Waals surface area contributed by atoms with Crippen molar-refractivity contribution in [2.75, 3.05) is 18.4 Å². The van der Waals surface area contributed by atoms with E-state index in [1.807, 2.05) is 12.1 Å². The fourth-order valence-electron chi connectivity index (χ4n) is 4.03. The van der Waals surface area contributed by atoms with E-state index in [-0.39, 0.29) is 10.8 Å². The third kappa shape index (κ3) is 3.45. The number of fused-ring (bicyclic) bond motifs is 3. The Labute approximate surface area is 179 Å². The molecule has 0 atom stereocenters. The summed E-state index contributed by atoms with van der Waals surface area (Å²) in [5.41, 5.74) is 3.77. The molecular weight excluding hydrogens is 418 g/mol. The number of rotatable bonds is 4. The number of amides is 1. The van der Waals surface area contributed by atoms with Gasteiger partial charge in [0.15, 0.2) is 5.13 Å². The Balaban J connectivity index is 1.34. The van der Waals surface area contributed by atoms with Gasteiger partial charge in [0.1, 0.15) is 0 Å². The first kappa shape index (κ1) is 19.4. The van der Waals surface area contributed by atoms with Crippen LogP contribution in [0.2, 0.25) is 0 Å². The highest BCUT2D eigenvalue weighted by Gasteiger charge is 2.27. The summed E-state index contributed by atoms with van der Waals surface area (Å²) in [4.78, 5) is 18.7. The van der Waals surface area contributed by atoms with Crippen molar-refractivity contribution in [3.8, 4) is 11.3 Å². The van der Waals surface area contributed by atoms with Crippen LogP contribution in [-0.2, 0) is 22.9 Å². The van der Waals surface area contributed by atoms with Crippen LogP contribution in [-0.4, -0.2) is 36.7 Å². The minimum absolute atomic E-state index is 0.224. The van der Waals surface area contributed by atoms with Gasteiger partial charge in [0.25, 0.3) is 5.91 Å². The second kappa shape index (κ2) is 7.61. The molecule has 1 aromatic heterocycles. The Morgan fingerprint density at radius 3 is 2.50 bits per heavy atom. The molecule has 1 aliphatic carbocycles. The highest BCUT2D eigenvalue weighted by atomic mass is 32.2. The van der Waals surface area contributed by atoms with Gasteiger partial charge >= 0.3 is 0 Å². The second-order valence-electron chi connectivity index (χ2n) is 7.54. The fraction of sp³-hybridized carbons (Fsp3) is 0.273. The number of carbonyl (C=O) groups is 1. The smallest absolute Gasteiger partial charge is 0.257 e. The molecule has 5 rings (SSSR count). The summed E-state index contributed by atoms with van der Waals surface area (Å²) in [5, 5.41) is 3.43. The summed E-state index contributed by atoms with van der Waals surface area (Å²) in [6, 6.07) is 14.3. The van der Waals surface area contributed by atoms with Crippen molar-refractivity contribution < 1.29 is 13.2 Å². The normalized spacial score (nSPS) is 16.1. The Morgan fingerprint density at radius 2 is 1.73 bits per heavy atom. The zero-order valence-corrected chi connectivity index (χ0v) is 17.9. The van der Waals surface area contributed by atoms with Gasteiger partial charge in [-0.3, -0.25) is 10.1 Å². The van der Waals surface area contributed by atoms with E-state index in [1.54, 1.807) is 12.1 Å². The summed E-state index contributed by atoms with van der Waals surface area (Å²) >= 11 is 1.50. The van der Waals surface area contributed by atoms with E-state index in [0.29, 0.717) is 23.8 Å². The zero-order chi connectivity index (χ0) is 20.7. The van der Waals surface area contributed by atoms with Crippen molar-refractivity contribution in [1.29, 1.82) is 0 Å². The maximum atomic E-state index is 12.7. The number of thiazole rings is 1. The molecule has 1 N–H and O–H groups in total. The van der Waals surface area contributed by atoms with E-state index in [2.05, 4.69) is 22.4 Å². The van der Waals surface area contributed by atoms with Gasteiger partial charge in [-0.2, -0.15) is 4.31 Å². The summed E-state index contributed by atoms with van der Waals surface area (Å²) < 4.78 is 26.8. The van der Waals surface area contributed by atoms with Crippen LogP contribution in [0, 0.1) is 0 Å². The van der Waals surface area contributed by atoms with Crippen LogP contribution in [0.4, 0.5) is 5.13 Å². The number of anilines is 1. The second-order valence-corrected chi connectivity index (χ2v) is 10.6. The van der Waals surface area contributed by atoms with Crippen LogP contribution in [0.15, 0.2) is 53.4 Å². The molecular formula is C22H21N3O3S2. The molecule has 1 amide bonds. The van der Waals surface area contributed by atoms with Gasteiger partial charge < -0.3 is 0 Å². The molecule has 8 heteroatoms. The van der Waals surface area contributed by atoms with Gasteiger partial charge in [-0.1, -0.05) is 24.3 Å². The Morgan fingerprint density at radius 1 is 1.00 bits per heavy atom. The van der Waals surface area contributed by atoms with Crippen molar-refractivity contribution in [2.24, 2.45) is 0 Å². The quantitative estimate of drug-likeness (QED) is 0.668. The van der Waals surface area contributed by atoms with E-state index >= 15 is 0 Å². The number of hydrogen-bond acceptors (Lipinski definition) is 5. The fourth-order valence-corrected chi connectivity index (χ4v) is 6.52. The number of hydrogen-bond donors (Lipinski definition) is 1. The Kier molecular flexibility index (Phi) is 4.92. The number of carbonyl (C=O) groups excluding carboxylic acids is 1. The lowest BCUT2D eigenvalue weighted by molar-refractivity contribution is 0.102. The van der Waals surface area contributed by atoms with Gasteiger partial charge in [-0.05, 0) is 55.5 Å². The zero-order valence-electron chi connectivity index (χ0n) is 16.3. The standard InChI is InChI=1S/C22H21N3O3S2/c26-21(16-7-10-17(11-8-16)30(27,28)25-13-3-4-14-25)24-22-23-20-18-6-2-1-5-15(18)9-12-19(20)29-22/h1-2,5-8,10-11H,3-4,9,12-14H2,(H,23,24,26). The van der Waals surface area contributed by atoms with Crippen molar-refractivity contribution in [3.05, 3.63) is 64.5 Å². The summed E-state index contributed by atoms with van der Waals surface area (Å²) in [7, 11) is -3.48. The first-order valence-electron chi connectivity index (χ1n) is 10.0. The molecule has 2 aromatic carbocycles. The largest absolute Gasteiger partial charge is 0.298 e. The molecule has 0 unspecified atom stereocenters. The minimum atomic E-state index is -3.48. The van der Waals surface area contributed by atoms with Gasteiger partial charge in [0.05, 0.1) is 10.6 Å². The molecule has 2 heterocycles. The maximum Gasteiger partial charge on any atom is 0.257 e. The first-order chi connectivity index (χ1) is 14.5. The van der Waals surface area contributed by atoms with Crippen LogP contribution in [0.25, 0.3) is 11.3 Å². The predicted molar refractivity (Wildman–Crippen MR) is 117 cm³/mol. The number of nitrogens with zero attached hydrogens (tertiary/aromatic N) is 2. The summed E-state index contributed by atoms with van der Waals surface area (Å²) in [6.45, 7) is 1.12. The lowest BCUT2D eigenvalue weighted by Gasteiger charge is -2.15. The van der Waals surface area contributed by atoms with Gasteiger partial charge in [-0.15, -0.1) is 11.3 Å². The van der Waals surface area contributed by atoms with Crippen molar-refractivity contribution in [1.82, 2.24) is 9.29 Å². The number of benzene rings is 2. The summed E-state index contributed by atoms with van der Waals surface area (Å²) in [6.07, 6.45) is 3.68. The third-order valence-electron chi connectivity index (χ3n) is 5.63. The van der Waals surface area contributed by atoms with Crippen LogP contribution in [0.3, 0.4) is 0 Å². The van der Waals surface area contributed by atoms with Crippen LogP contribution >= 0.6 is 11.3 Å². The van der Waals surface area contributed by atoms with E-state index < -0.39 is 10.0 Å². The average molecular weight is 440 g/mol. The average Bonchev–Trinajstić information content (AvgIpc) is 3.44. The number of aromatic nitrogens is 1. The SMILES string of the molecule is O=C(Nc1nc2c(s1)CCc1ccccc1-2)c1ccc(S(=O)(=O)N2CCCC2)cc1. The van der Waals surface area contributed by atoms with Crippen molar-refractivity contribution >= 4 is 32.4 Å². The maximum absolute atomic E-state index is 12.7. The third-order valence-corrected chi connectivity index (χ3v) is 8.57. The molecule has 0 bridgehead atoms. The highest BCUT2D eigenvalue weighted by molar-refractivity contribution is 7.89. The van der Waals surface area contributed by atoms with Gasteiger partial charge in [0, 0.05) is 29.1 Å². The van der Waals surface area contributed by atoms with Gasteiger partial charge in [-0.25, -0.2) is 13.4 Å². The highest BCUT2D eigenvalue weighted by Crippen LogP contribution is 2.38. The van der Waals surface area contributed by atoms with Crippen LogP contribution in [0.1, 0.15) is 33.6 Å². The Hall–Kier alpha value is -2.55. The molecule has 1 aliphatic heterocycles. The molecule has 154 valence electrons. The molecule has 30 heavy (non-hydrogen) atoms. The van der Waals surface area contributed by atoms with Gasteiger partial charge in [0.2, 0.25) is 10.0 Å². The topological polar surface area (TPSA) is 79.4 Å². The molecule has 2 aliphatic rings. The Bertz CT molecular complexity index is 1210. The predicted octanol–water partition coefficient (Wildman–Crippen LogP) is 3.95. The van der Waals surface area contributed by atoms with E-state index in [0.717, 1.165) is 36.9 Å². The first-order valence-corrected chi connectivity index (χ1v) is 12.3.